The zero-order valence-corrected chi connectivity index (χ0v) is 12.1. The van der Waals surface area contributed by atoms with Gasteiger partial charge in [0, 0.05) is 10.6 Å². The highest BCUT2D eigenvalue weighted by molar-refractivity contribution is 6.30. The molecule has 0 saturated heterocycles. The van der Waals surface area contributed by atoms with Crippen molar-refractivity contribution < 1.29 is 0 Å². The van der Waals surface area contributed by atoms with Crippen LogP contribution in [-0.4, -0.2) is 25.7 Å². The van der Waals surface area contributed by atoms with Crippen LogP contribution in [0.15, 0.2) is 24.3 Å². The standard InChI is InChI=1S/C13H18ClN5/c1-13(2,3)15-8-12-16-17-18-19(12)9-10-4-6-11(14)7-5-10/h4-7,15H,8-9H2,1-3H3. The molecule has 0 aliphatic rings. The zero-order chi connectivity index (χ0) is 13.9. The number of halogens is 1. The Morgan fingerprint density at radius 1 is 1.21 bits per heavy atom. The van der Waals surface area contributed by atoms with Gasteiger partial charge in [0.15, 0.2) is 5.82 Å². The molecule has 1 heterocycles. The maximum absolute atomic E-state index is 5.87. The molecule has 0 atom stereocenters. The van der Waals surface area contributed by atoms with Gasteiger partial charge in [-0.05, 0) is 48.9 Å². The van der Waals surface area contributed by atoms with Gasteiger partial charge < -0.3 is 5.32 Å². The summed E-state index contributed by atoms with van der Waals surface area (Å²) in [5.41, 5.74) is 1.16. The molecule has 5 nitrogen and oxygen atoms in total. The monoisotopic (exact) mass is 279 g/mol. The van der Waals surface area contributed by atoms with Crippen LogP contribution < -0.4 is 5.32 Å². The fourth-order valence-electron chi connectivity index (χ4n) is 1.58. The normalized spacial score (nSPS) is 11.8. The number of tetrazole rings is 1. The van der Waals surface area contributed by atoms with Gasteiger partial charge in [0.05, 0.1) is 13.1 Å². The number of aromatic nitrogens is 4. The van der Waals surface area contributed by atoms with Crippen LogP contribution in [0.2, 0.25) is 5.02 Å². The van der Waals surface area contributed by atoms with E-state index in [-0.39, 0.29) is 5.54 Å². The topological polar surface area (TPSA) is 55.6 Å². The Bertz CT molecular complexity index is 527. The van der Waals surface area contributed by atoms with Crippen LogP contribution in [0.4, 0.5) is 0 Å². The number of benzene rings is 1. The van der Waals surface area contributed by atoms with E-state index < -0.39 is 0 Å². The fraction of sp³-hybridized carbons (Fsp3) is 0.462. The fourth-order valence-corrected chi connectivity index (χ4v) is 1.71. The summed E-state index contributed by atoms with van der Waals surface area (Å²) in [6, 6.07) is 7.69. The summed E-state index contributed by atoms with van der Waals surface area (Å²) >= 11 is 5.87. The van der Waals surface area contributed by atoms with Gasteiger partial charge in [-0.1, -0.05) is 23.7 Å². The summed E-state index contributed by atoms with van der Waals surface area (Å²) in [5.74, 6) is 0.824. The molecule has 2 aromatic rings. The van der Waals surface area contributed by atoms with Crippen molar-refractivity contribution >= 4 is 11.6 Å². The predicted octanol–water partition coefficient (Wildman–Crippen LogP) is 2.26. The Hall–Kier alpha value is -1.46. The largest absolute Gasteiger partial charge is 0.305 e. The molecule has 102 valence electrons. The van der Waals surface area contributed by atoms with Crippen molar-refractivity contribution in [3.05, 3.63) is 40.7 Å². The molecular formula is C13H18ClN5. The first kappa shape index (κ1) is 14.0. The van der Waals surface area contributed by atoms with Crippen molar-refractivity contribution in [2.75, 3.05) is 0 Å². The third-order valence-electron chi connectivity index (χ3n) is 2.63. The maximum atomic E-state index is 5.87. The minimum atomic E-state index is 0.0387. The molecule has 0 aliphatic heterocycles. The summed E-state index contributed by atoms with van der Waals surface area (Å²) in [6.45, 7) is 7.62. The molecule has 0 amide bonds. The molecule has 0 bridgehead atoms. The van der Waals surface area contributed by atoms with Crippen LogP contribution in [0.5, 0.6) is 0 Å². The average molecular weight is 280 g/mol. The SMILES string of the molecule is CC(C)(C)NCc1nnnn1Cc1ccc(Cl)cc1. The van der Waals surface area contributed by atoms with Crippen molar-refractivity contribution in [2.45, 2.75) is 39.4 Å². The van der Waals surface area contributed by atoms with Crippen LogP contribution in [-0.2, 0) is 13.1 Å². The van der Waals surface area contributed by atoms with Gasteiger partial charge in [0.1, 0.15) is 0 Å². The first-order valence-electron chi connectivity index (χ1n) is 6.18. The highest BCUT2D eigenvalue weighted by Gasteiger charge is 2.12. The van der Waals surface area contributed by atoms with Crippen molar-refractivity contribution in [1.82, 2.24) is 25.5 Å². The quantitative estimate of drug-likeness (QED) is 0.933. The molecule has 1 aromatic carbocycles. The van der Waals surface area contributed by atoms with Crippen LogP contribution in [0.1, 0.15) is 32.2 Å². The summed E-state index contributed by atoms with van der Waals surface area (Å²) in [6.07, 6.45) is 0. The van der Waals surface area contributed by atoms with Gasteiger partial charge in [-0.15, -0.1) is 5.10 Å². The maximum Gasteiger partial charge on any atom is 0.165 e. The van der Waals surface area contributed by atoms with Crippen LogP contribution >= 0.6 is 11.6 Å². The van der Waals surface area contributed by atoms with Gasteiger partial charge in [-0.25, -0.2) is 4.68 Å². The lowest BCUT2D eigenvalue weighted by molar-refractivity contribution is 0.410. The van der Waals surface area contributed by atoms with Gasteiger partial charge in [-0.2, -0.15) is 0 Å². The van der Waals surface area contributed by atoms with Gasteiger partial charge in [0.2, 0.25) is 0 Å². The van der Waals surface area contributed by atoms with Crippen molar-refractivity contribution in [3.63, 3.8) is 0 Å². The number of nitrogens with one attached hydrogen (secondary N) is 1. The highest BCUT2D eigenvalue weighted by Crippen LogP contribution is 2.11. The van der Waals surface area contributed by atoms with E-state index in [1.807, 2.05) is 24.3 Å². The summed E-state index contributed by atoms with van der Waals surface area (Å²) in [7, 11) is 0. The Balaban J connectivity index is 2.05. The molecule has 1 aromatic heterocycles. The molecule has 1 N–H and O–H groups in total. The van der Waals surface area contributed by atoms with E-state index in [4.69, 9.17) is 11.6 Å². The smallest absolute Gasteiger partial charge is 0.165 e. The molecule has 19 heavy (non-hydrogen) atoms. The molecule has 0 fully saturated rings. The molecular weight excluding hydrogens is 262 g/mol. The van der Waals surface area contributed by atoms with Gasteiger partial charge >= 0.3 is 0 Å². The number of hydrogen-bond acceptors (Lipinski definition) is 4. The van der Waals surface area contributed by atoms with E-state index in [2.05, 4.69) is 41.6 Å². The van der Waals surface area contributed by atoms with Crippen LogP contribution in [0.3, 0.4) is 0 Å². The Morgan fingerprint density at radius 3 is 2.53 bits per heavy atom. The van der Waals surface area contributed by atoms with E-state index in [1.165, 1.54) is 0 Å². The highest BCUT2D eigenvalue weighted by atomic mass is 35.5. The van der Waals surface area contributed by atoms with Gasteiger partial charge in [-0.3, -0.25) is 0 Å². The number of hydrogen-bond donors (Lipinski definition) is 1. The minimum Gasteiger partial charge on any atom is -0.305 e. The number of rotatable bonds is 4. The first-order chi connectivity index (χ1) is 8.94. The van der Waals surface area contributed by atoms with Crippen LogP contribution in [0, 0.1) is 0 Å². The summed E-state index contributed by atoms with van der Waals surface area (Å²) in [4.78, 5) is 0. The van der Waals surface area contributed by atoms with Crippen molar-refractivity contribution in [3.8, 4) is 0 Å². The second-order valence-corrected chi connectivity index (χ2v) is 5.92. The Morgan fingerprint density at radius 2 is 1.89 bits per heavy atom. The lowest BCUT2D eigenvalue weighted by Gasteiger charge is -2.19. The third-order valence-corrected chi connectivity index (χ3v) is 2.88. The van der Waals surface area contributed by atoms with E-state index in [9.17, 15) is 0 Å². The Labute approximate surface area is 118 Å². The van der Waals surface area contributed by atoms with Crippen LogP contribution in [0.25, 0.3) is 0 Å². The first-order valence-corrected chi connectivity index (χ1v) is 6.56. The predicted molar refractivity (Wildman–Crippen MR) is 75.0 cm³/mol. The second-order valence-electron chi connectivity index (χ2n) is 5.48. The molecule has 0 spiro atoms. The zero-order valence-electron chi connectivity index (χ0n) is 11.4. The van der Waals surface area contributed by atoms with Gasteiger partial charge in [0.25, 0.3) is 0 Å². The lowest BCUT2D eigenvalue weighted by Crippen LogP contribution is -2.36. The molecule has 2 rings (SSSR count). The Kier molecular flexibility index (Phi) is 4.17. The summed E-state index contributed by atoms with van der Waals surface area (Å²) in [5, 5.41) is 15.9. The molecule has 0 unspecified atom stereocenters. The summed E-state index contributed by atoms with van der Waals surface area (Å²) < 4.78 is 1.79. The van der Waals surface area contributed by atoms with E-state index in [0.29, 0.717) is 13.1 Å². The second kappa shape index (κ2) is 5.67. The molecule has 0 radical (unpaired) electrons. The van der Waals surface area contributed by atoms with Crippen molar-refractivity contribution in [2.24, 2.45) is 0 Å². The van der Waals surface area contributed by atoms with E-state index in [0.717, 1.165) is 16.4 Å². The van der Waals surface area contributed by atoms with E-state index in [1.54, 1.807) is 4.68 Å². The lowest BCUT2D eigenvalue weighted by atomic mass is 10.1. The number of nitrogens with zero attached hydrogens (tertiary/aromatic N) is 4. The minimum absolute atomic E-state index is 0.0387. The molecule has 0 saturated carbocycles. The molecule has 6 heteroatoms. The average Bonchev–Trinajstić information content (AvgIpc) is 2.76. The van der Waals surface area contributed by atoms with E-state index >= 15 is 0 Å². The van der Waals surface area contributed by atoms with Crippen molar-refractivity contribution in [1.29, 1.82) is 0 Å². The third kappa shape index (κ3) is 4.29. The molecule has 0 aliphatic carbocycles.